The van der Waals surface area contributed by atoms with Gasteiger partial charge >= 0.3 is 17.9 Å². The average Bonchev–Trinajstić information content (AvgIpc) is 2.79. The second-order valence-corrected chi connectivity index (χ2v) is 12.3. The normalized spacial score (nSPS) is 27.1. The van der Waals surface area contributed by atoms with Crippen molar-refractivity contribution in [3.63, 3.8) is 0 Å². The molecule has 0 unspecified atom stereocenters. The van der Waals surface area contributed by atoms with Crippen LogP contribution in [0.2, 0.25) is 0 Å². The van der Waals surface area contributed by atoms with Gasteiger partial charge in [-0.25, -0.2) is 0 Å². The van der Waals surface area contributed by atoms with Crippen molar-refractivity contribution in [2.75, 3.05) is 11.9 Å². The monoisotopic (exact) mass is 607 g/mol. The summed E-state index contributed by atoms with van der Waals surface area (Å²) in [5.41, 5.74) is 10.5. The molecule has 2 aliphatic rings. The van der Waals surface area contributed by atoms with Crippen LogP contribution in [0.25, 0.3) is 0 Å². The van der Waals surface area contributed by atoms with Gasteiger partial charge < -0.3 is 31.7 Å². The highest BCUT2D eigenvalue weighted by Crippen LogP contribution is 2.43. The van der Waals surface area contributed by atoms with Gasteiger partial charge in [-0.1, -0.05) is 23.4 Å². The number of amides is 1. The number of alkyl halides is 1. The van der Waals surface area contributed by atoms with Crippen LogP contribution in [0.1, 0.15) is 105 Å². The van der Waals surface area contributed by atoms with Crippen LogP contribution in [0.5, 0.6) is 0 Å². The molecule has 2 saturated carbocycles. The van der Waals surface area contributed by atoms with Gasteiger partial charge in [0.1, 0.15) is 5.60 Å². The van der Waals surface area contributed by atoms with Crippen LogP contribution < -0.4 is 16.8 Å². The van der Waals surface area contributed by atoms with Crippen molar-refractivity contribution in [3.8, 4) is 0 Å². The number of carbonyl (C=O) groups excluding carboxylic acids is 2. The van der Waals surface area contributed by atoms with Crippen molar-refractivity contribution >= 4 is 39.7 Å². The van der Waals surface area contributed by atoms with Gasteiger partial charge in [0.15, 0.2) is 0 Å². The first-order valence-corrected chi connectivity index (χ1v) is 14.2. The molecule has 2 aliphatic carbocycles. The van der Waals surface area contributed by atoms with E-state index in [1.54, 1.807) is 0 Å². The van der Waals surface area contributed by atoms with Crippen molar-refractivity contribution in [3.05, 3.63) is 0 Å². The molecule has 0 aromatic carbocycles. The molecule has 0 bridgehead atoms. The van der Waals surface area contributed by atoms with Crippen LogP contribution in [0, 0.1) is 10.8 Å². The lowest BCUT2D eigenvalue weighted by atomic mass is 9.68. The molecule has 0 spiro atoms. The minimum Gasteiger partial charge on any atom is -0.481 e. The molecule has 38 heavy (non-hydrogen) atoms. The van der Waals surface area contributed by atoms with E-state index in [1.165, 1.54) is 0 Å². The summed E-state index contributed by atoms with van der Waals surface area (Å²) in [6.07, 6.45) is 7.47. The van der Waals surface area contributed by atoms with E-state index in [0.29, 0.717) is 18.3 Å². The largest absolute Gasteiger partial charge is 0.481 e. The number of carboxylic acid groups (broad SMARTS) is 2. The van der Waals surface area contributed by atoms with Gasteiger partial charge in [0.2, 0.25) is 5.91 Å². The van der Waals surface area contributed by atoms with E-state index in [-0.39, 0.29) is 61.5 Å². The van der Waals surface area contributed by atoms with E-state index in [4.69, 9.17) is 26.4 Å². The van der Waals surface area contributed by atoms with Crippen LogP contribution in [0.15, 0.2) is 0 Å². The predicted octanol–water partition coefficient (Wildman–Crippen LogP) is 3.97. The number of hydrogen-bond acceptors (Lipinski definition) is 7. The smallest absolute Gasteiger partial charge is 0.306 e. The Morgan fingerprint density at radius 1 is 0.947 bits per heavy atom. The van der Waals surface area contributed by atoms with Crippen molar-refractivity contribution < 1.29 is 34.1 Å². The number of aliphatic carboxylic acids is 2. The average molecular weight is 609 g/mol. The molecule has 222 valence electrons. The molecule has 2 fully saturated rings. The molecule has 10 nitrogen and oxygen atoms in total. The van der Waals surface area contributed by atoms with E-state index in [2.05, 4.69) is 21.2 Å². The maximum Gasteiger partial charge on any atom is 0.306 e. The molecule has 0 aromatic rings. The summed E-state index contributed by atoms with van der Waals surface area (Å²) in [6.45, 7) is 5.89. The van der Waals surface area contributed by atoms with Gasteiger partial charge in [-0.15, -0.1) is 0 Å². The van der Waals surface area contributed by atoms with Crippen molar-refractivity contribution in [2.24, 2.45) is 22.3 Å². The first-order chi connectivity index (χ1) is 17.1. The molecule has 0 radical (unpaired) electrons. The topological polar surface area (TPSA) is 182 Å². The zero-order valence-corrected chi connectivity index (χ0v) is 24.1. The lowest BCUT2D eigenvalue weighted by Gasteiger charge is -2.38. The SMILES string of the molecule is C.CC(C)(C)OC(=O)CCC1(CC(=O)O)CCC(N)CC1.NCC1(CC(=O)O)CCC(NC(=O)CBr)CC1. The van der Waals surface area contributed by atoms with Gasteiger partial charge in [0, 0.05) is 18.5 Å². The first kappa shape index (κ1) is 36.3. The number of halogens is 1. The molecule has 7 N–H and O–H groups in total. The summed E-state index contributed by atoms with van der Waals surface area (Å²) in [4.78, 5) is 44.9. The fraction of sp³-hybridized carbons (Fsp3) is 0.852. The summed E-state index contributed by atoms with van der Waals surface area (Å²) in [5, 5.41) is 21.2. The standard InChI is InChI=1S/C15H27NO4.C11H19BrN2O3.CH4/c1-14(2,3)20-13(19)6-9-15(10-12(17)18)7-4-11(16)5-8-15;12-6-9(15)14-8-1-3-11(7-13,4-2-8)5-10(16)17;/h11H,4-10,16H2,1-3H3,(H,17,18);8H,1-7,13H2,(H,14,15)(H,16,17);1H4. The molecule has 0 atom stereocenters. The number of carboxylic acids is 2. The third-order valence-corrected chi connectivity index (χ3v) is 7.90. The maximum absolute atomic E-state index is 11.8. The summed E-state index contributed by atoms with van der Waals surface area (Å²) in [6, 6.07) is 0.326. The van der Waals surface area contributed by atoms with E-state index in [0.717, 1.165) is 51.4 Å². The van der Waals surface area contributed by atoms with E-state index < -0.39 is 17.5 Å². The fourth-order valence-corrected chi connectivity index (χ4v) is 5.42. The Morgan fingerprint density at radius 3 is 1.84 bits per heavy atom. The number of nitrogens with one attached hydrogen (secondary N) is 1. The summed E-state index contributed by atoms with van der Waals surface area (Å²) >= 11 is 3.10. The Morgan fingerprint density at radius 2 is 1.42 bits per heavy atom. The van der Waals surface area contributed by atoms with Crippen molar-refractivity contribution in [2.45, 2.75) is 123 Å². The number of carbonyl (C=O) groups is 4. The lowest BCUT2D eigenvalue weighted by Crippen LogP contribution is -2.44. The highest BCUT2D eigenvalue weighted by Gasteiger charge is 2.38. The number of ether oxygens (including phenoxy) is 1. The first-order valence-electron chi connectivity index (χ1n) is 13.1. The molecule has 2 rings (SSSR count). The fourth-order valence-electron chi connectivity index (χ4n) is 5.26. The maximum atomic E-state index is 11.8. The van der Waals surface area contributed by atoms with Gasteiger partial charge in [0.25, 0.3) is 0 Å². The lowest BCUT2D eigenvalue weighted by molar-refractivity contribution is -0.156. The van der Waals surface area contributed by atoms with Crippen LogP contribution >= 0.6 is 15.9 Å². The van der Waals surface area contributed by atoms with Crippen LogP contribution in [-0.2, 0) is 23.9 Å². The number of nitrogens with two attached hydrogens (primary N) is 2. The number of hydrogen-bond donors (Lipinski definition) is 5. The van der Waals surface area contributed by atoms with Crippen LogP contribution in [0.4, 0.5) is 0 Å². The summed E-state index contributed by atoms with van der Waals surface area (Å²) in [7, 11) is 0. The molecule has 11 heteroatoms. The summed E-state index contributed by atoms with van der Waals surface area (Å²) < 4.78 is 5.29. The zero-order valence-electron chi connectivity index (χ0n) is 22.5. The van der Waals surface area contributed by atoms with Crippen LogP contribution in [0.3, 0.4) is 0 Å². The Balaban J connectivity index is 0.000000711. The molecular formula is C27H50BrN3O7. The predicted molar refractivity (Wildman–Crippen MR) is 151 cm³/mol. The van der Waals surface area contributed by atoms with Gasteiger partial charge in [-0.3, -0.25) is 19.2 Å². The molecule has 0 aromatic heterocycles. The van der Waals surface area contributed by atoms with E-state index in [1.807, 2.05) is 20.8 Å². The minimum absolute atomic E-state index is 0. The second-order valence-electron chi connectivity index (χ2n) is 11.7. The highest BCUT2D eigenvalue weighted by molar-refractivity contribution is 9.09. The van der Waals surface area contributed by atoms with Crippen LogP contribution in [-0.4, -0.2) is 63.6 Å². The molecule has 0 aliphatic heterocycles. The number of esters is 1. The zero-order chi connectivity index (χ0) is 28.3. The Labute approximate surface area is 236 Å². The highest BCUT2D eigenvalue weighted by atomic mass is 79.9. The minimum atomic E-state index is -0.801. The number of rotatable bonds is 10. The Bertz CT molecular complexity index is 769. The molecule has 0 heterocycles. The van der Waals surface area contributed by atoms with E-state index in [9.17, 15) is 19.2 Å². The second kappa shape index (κ2) is 16.4. The molecular weight excluding hydrogens is 558 g/mol. The van der Waals surface area contributed by atoms with Gasteiger partial charge in [-0.2, -0.15) is 0 Å². The van der Waals surface area contributed by atoms with E-state index >= 15 is 0 Å². The van der Waals surface area contributed by atoms with Crippen molar-refractivity contribution in [1.82, 2.24) is 5.32 Å². The summed E-state index contributed by atoms with van der Waals surface area (Å²) in [5.74, 6) is -1.87. The molecule has 0 saturated heterocycles. The Hall–Kier alpha value is -1.72. The van der Waals surface area contributed by atoms with Gasteiger partial charge in [0.05, 0.1) is 18.2 Å². The Kier molecular flexibility index (Phi) is 15.7. The third kappa shape index (κ3) is 13.9. The quantitative estimate of drug-likeness (QED) is 0.181. The third-order valence-electron chi connectivity index (χ3n) is 7.39. The molecule has 1 amide bonds. The van der Waals surface area contributed by atoms with Crippen molar-refractivity contribution in [1.29, 1.82) is 0 Å². The van der Waals surface area contributed by atoms with Gasteiger partial charge in [-0.05, 0) is 95.9 Å².